The zero-order valence-electron chi connectivity index (χ0n) is 10.1. The molecule has 1 aromatic heterocycles. The van der Waals surface area contributed by atoms with Gasteiger partial charge in [-0.3, -0.25) is 10.5 Å². The van der Waals surface area contributed by atoms with Crippen LogP contribution < -0.4 is 5.73 Å². The molecular weight excluding hydrogens is 268 g/mol. The van der Waals surface area contributed by atoms with Gasteiger partial charge in [-0.1, -0.05) is 6.07 Å². The first kappa shape index (κ1) is 13.9. The summed E-state index contributed by atoms with van der Waals surface area (Å²) < 4.78 is 6.42. The summed E-state index contributed by atoms with van der Waals surface area (Å²) in [6.45, 7) is 2.59. The highest BCUT2D eigenvalue weighted by molar-refractivity contribution is 8.01. The number of amides is 1. The molecule has 1 saturated heterocycles. The van der Waals surface area contributed by atoms with E-state index < -0.39 is 0 Å². The molecule has 4 nitrogen and oxygen atoms in total. The van der Waals surface area contributed by atoms with Gasteiger partial charge in [-0.25, -0.2) is 0 Å². The molecular formula is C12H17N2O2S2. The fraction of sp³-hybridized carbons (Fsp3) is 0.583. The van der Waals surface area contributed by atoms with Crippen LogP contribution in [0.5, 0.6) is 0 Å². The number of ether oxygens (including phenoxy) is 1. The van der Waals surface area contributed by atoms with Gasteiger partial charge in [0.25, 0.3) is 0 Å². The third-order valence-electron chi connectivity index (χ3n) is 2.71. The van der Waals surface area contributed by atoms with Crippen molar-refractivity contribution in [1.29, 1.82) is 0 Å². The third-order valence-corrected chi connectivity index (χ3v) is 5.00. The third kappa shape index (κ3) is 4.28. The van der Waals surface area contributed by atoms with Crippen molar-refractivity contribution in [2.75, 3.05) is 32.1 Å². The molecule has 1 fully saturated rings. The summed E-state index contributed by atoms with van der Waals surface area (Å²) in [5.74, 6) is 0.765. The molecule has 99 valence electrons. The minimum absolute atomic E-state index is 0.0880. The molecule has 6 heteroatoms. The molecule has 1 aliphatic rings. The molecule has 1 N–H and O–H groups in total. The van der Waals surface area contributed by atoms with Crippen LogP contribution >= 0.6 is 23.1 Å². The summed E-state index contributed by atoms with van der Waals surface area (Å²) in [7, 11) is 0. The second kappa shape index (κ2) is 7.13. The van der Waals surface area contributed by atoms with Crippen LogP contribution in [0.15, 0.2) is 21.7 Å². The standard InChI is InChI=1S/C12H17N2O2S2/c13-10(9-18-12-2-1-7-17-12)8-11(15)14-3-5-16-6-4-14/h1-2,7,10,13H,3-6,8-9H2/t10-/m1/s1. The van der Waals surface area contributed by atoms with Crippen molar-refractivity contribution >= 4 is 29.0 Å². The van der Waals surface area contributed by atoms with Crippen molar-refractivity contribution in [3.63, 3.8) is 0 Å². The Morgan fingerprint density at radius 1 is 1.56 bits per heavy atom. The number of carbonyl (C=O) groups excluding carboxylic acids is 1. The first-order valence-corrected chi connectivity index (χ1v) is 7.85. The monoisotopic (exact) mass is 285 g/mol. The Labute approximate surface area is 115 Å². The van der Waals surface area contributed by atoms with E-state index in [1.54, 1.807) is 28.0 Å². The maximum Gasteiger partial charge on any atom is 0.224 e. The lowest BCUT2D eigenvalue weighted by molar-refractivity contribution is -0.135. The quantitative estimate of drug-likeness (QED) is 0.774. The fourth-order valence-corrected chi connectivity index (χ4v) is 3.49. The summed E-state index contributed by atoms with van der Waals surface area (Å²) in [5, 5.41) is 2.03. The minimum Gasteiger partial charge on any atom is -0.378 e. The summed E-state index contributed by atoms with van der Waals surface area (Å²) in [6, 6.07) is 3.73. The largest absolute Gasteiger partial charge is 0.378 e. The minimum atomic E-state index is -0.326. The Kier molecular flexibility index (Phi) is 5.49. The van der Waals surface area contributed by atoms with Gasteiger partial charge in [0, 0.05) is 31.3 Å². The van der Waals surface area contributed by atoms with Crippen molar-refractivity contribution < 1.29 is 9.53 Å². The zero-order valence-corrected chi connectivity index (χ0v) is 11.8. The predicted molar refractivity (Wildman–Crippen MR) is 73.9 cm³/mol. The summed E-state index contributed by atoms with van der Waals surface area (Å²) >= 11 is 3.34. The van der Waals surface area contributed by atoms with Crippen LogP contribution in [-0.2, 0) is 9.53 Å². The molecule has 2 rings (SSSR count). The number of morpholine rings is 1. The maximum atomic E-state index is 11.9. The Hall–Kier alpha value is -0.560. The lowest BCUT2D eigenvalue weighted by Crippen LogP contribution is -2.42. The molecule has 0 unspecified atom stereocenters. The van der Waals surface area contributed by atoms with Crippen LogP contribution in [0.1, 0.15) is 6.42 Å². The van der Waals surface area contributed by atoms with Gasteiger partial charge in [0.05, 0.1) is 17.4 Å². The molecule has 1 amide bonds. The van der Waals surface area contributed by atoms with E-state index in [0.29, 0.717) is 38.5 Å². The smallest absolute Gasteiger partial charge is 0.224 e. The van der Waals surface area contributed by atoms with Crippen LogP contribution in [0.25, 0.3) is 0 Å². The fourth-order valence-electron chi connectivity index (χ4n) is 1.74. The molecule has 18 heavy (non-hydrogen) atoms. The molecule has 0 bridgehead atoms. The van der Waals surface area contributed by atoms with E-state index >= 15 is 0 Å². The highest BCUT2D eigenvalue weighted by atomic mass is 32.2. The van der Waals surface area contributed by atoms with Gasteiger partial charge in [-0.15, -0.1) is 23.1 Å². The Morgan fingerprint density at radius 3 is 3.00 bits per heavy atom. The highest BCUT2D eigenvalue weighted by Gasteiger charge is 2.19. The van der Waals surface area contributed by atoms with Gasteiger partial charge in [0.2, 0.25) is 5.91 Å². The van der Waals surface area contributed by atoms with Crippen molar-refractivity contribution in [3.8, 4) is 0 Å². The van der Waals surface area contributed by atoms with Crippen molar-refractivity contribution in [3.05, 3.63) is 17.5 Å². The van der Waals surface area contributed by atoms with Crippen LogP contribution in [0, 0.1) is 0 Å². The van der Waals surface area contributed by atoms with E-state index in [-0.39, 0.29) is 11.9 Å². The van der Waals surface area contributed by atoms with Crippen molar-refractivity contribution in [1.82, 2.24) is 10.6 Å². The van der Waals surface area contributed by atoms with Crippen molar-refractivity contribution in [2.24, 2.45) is 0 Å². The average molecular weight is 285 g/mol. The second-order valence-corrected chi connectivity index (χ2v) is 6.41. The van der Waals surface area contributed by atoms with Crippen LogP contribution in [0.4, 0.5) is 0 Å². The van der Waals surface area contributed by atoms with E-state index in [4.69, 9.17) is 10.5 Å². The average Bonchev–Trinajstić information content (AvgIpc) is 2.90. The van der Waals surface area contributed by atoms with Crippen LogP contribution in [-0.4, -0.2) is 48.9 Å². The zero-order chi connectivity index (χ0) is 12.8. The molecule has 1 aromatic rings. The van der Waals surface area contributed by atoms with E-state index in [1.807, 2.05) is 17.5 Å². The lowest BCUT2D eigenvalue weighted by Gasteiger charge is -2.27. The van der Waals surface area contributed by atoms with Gasteiger partial charge in [0.15, 0.2) is 0 Å². The van der Waals surface area contributed by atoms with Gasteiger partial charge < -0.3 is 9.64 Å². The Bertz CT molecular complexity index is 364. The SMILES string of the molecule is [NH][C@@H](CSc1cccs1)CC(=O)N1CCOCC1. The molecule has 1 atom stereocenters. The molecule has 0 aromatic carbocycles. The van der Waals surface area contributed by atoms with Gasteiger partial charge in [-0.05, 0) is 11.4 Å². The van der Waals surface area contributed by atoms with Gasteiger partial charge in [-0.2, -0.15) is 0 Å². The number of hydrogen-bond donors (Lipinski definition) is 0. The molecule has 1 radical (unpaired) electrons. The number of thioether (sulfide) groups is 1. The van der Waals surface area contributed by atoms with Crippen molar-refractivity contribution in [2.45, 2.75) is 16.7 Å². The van der Waals surface area contributed by atoms with E-state index in [9.17, 15) is 4.79 Å². The number of rotatable bonds is 5. The number of carbonyl (C=O) groups is 1. The molecule has 0 spiro atoms. The number of hydrogen-bond acceptors (Lipinski definition) is 4. The Morgan fingerprint density at radius 2 is 2.33 bits per heavy atom. The summed E-state index contributed by atoms with van der Waals surface area (Å²) in [6.07, 6.45) is 0.318. The normalized spacial score (nSPS) is 17.7. The number of thiophene rings is 1. The first-order chi connectivity index (χ1) is 8.75. The Balaban J connectivity index is 1.69. The van der Waals surface area contributed by atoms with E-state index in [2.05, 4.69) is 0 Å². The second-order valence-electron chi connectivity index (χ2n) is 4.14. The van der Waals surface area contributed by atoms with Crippen LogP contribution in [0.3, 0.4) is 0 Å². The first-order valence-electron chi connectivity index (χ1n) is 5.98. The lowest BCUT2D eigenvalue weighted by atomic mass is 10.2. The molecule has 0 saturated carbocycles. The van der Waals surface area contributed by atoms with E-state index in [1.165, 1.54) is 4.21 Å². The molecule has 2 heterocycles. The molecule has 0 aliphatic carbocycles. The molecule has 1 aliphatic heterocycles. The highest BCUT2D eigenvalue weighted by Crippen LogP contribution is 2.24. The van der Waals surface area contributed by atoms with Crippen LogP contribution in [0.2, 0.25) is 0 Å². The number of nitrogens with one attached hydrogen (secondary N) is 1. The van der Waals surface area contributed by atoms with Gasteiger partial charge in [0.1, 0.15) is 0 Å². The van der Waals surface area contributed by atoms with Gasteiger partial charge >= 0.3 is 0 Å². The number of nitrogens with zero attached hydrogens (tertiary/aromatic N) is 1. The maximum absolute atomic E-state index is 11.9. The predicted octanol–water partition coefficient (Wildman–Crippen LogP) is 1.74. The van der Waals surface area contributed by atoms with E-state index in [0.717, 1.165) is 0 Å². The topological polar surface area (TPSA) is 53.3 Å². The summed E-state index contributed by atoms with van der Waals surface area (Å²) in [5.41, 5.74) is 7.93. The summed E-state index contributed by atoms with van der Waals surface area (Å²) in [4.78, 5) is 13.7.